The van der Waals surface area contributed by atoms with Crippen LogP contribution in [0.4, 0.5) is 0 Å². The first kappa shape index (κ1) is 14.7. The summed E-state index contributed by atoms with van der Waals surface area (Å²) in [7, 11) is -3.65. The fourth-order valence-corrected chi connectivity index (χ4v) is 4.07. The lowest BCUT2D eigenvalue weighted by Gasteiger charge is -2.29. The largest absolute Gasteiger partial charge is 0.299 e. The number of Topliss-reactive ketones (excluding diaryl/α,β-unsaturated/α-hetero) is 1. The van der Waals surface area contributed by atoms with Gasteiger partial charge in [0, 0.05) is 25.4 Å². The highest BCUT2D eigenvalue weighted by atomic mass is 32.2. The zero-order chi connectivity index (χ0) is 14.9. The molecule has 0 N–H and O–H groups in total. The number of rotatable bonds is 2. The Kier molecular flexibility index (Phi) is 3.93. The molecule has 1 aromatic rings. The van der Waals surface area contributed by atoms with E-state index in [1.54, 1.807) is 26.0 Å². The van der Waals surface area contributed by atoms with Crippen LogP contribution in [-0.4, -0.2) is 31.6 Å². The standard InChI is InChI=1S/C14H16N2O3S/c1-10-3-4-12(8-15)7-14(10)20(18,19)16-6-5-13(17)11(2)9-16/h3-4,7,11H,5-6,9H2,1-2H3. The van der Waals surface area contributed by atoms with Crippen molar-refractivity contribution in [3.8, 4) is 6.07 Å². The first-order chi connectivity index (χ1) is 9.36. The molecule has 1 heterocycles. The monoisotopic (exact) mass is 292 g/mol. The summed E-state index contributed by atoms with van der Waals surface area (Å²) in [5.74, 6) is -0.183. The summed E-state index contributed by atoms with van der Waals surface area (Å²) in [4.78, 5) is 11.7. The number of piperidine rings is 1. The van der Waals surface area contributed by atoms with Crippen molar-refractivity contribution in [2.45, 2.75) is 25.2 Å². The van der Waals surface area contributed by atoms with Gasteiger partial charge in [0.15, 0.2) is 0 Å². The molecule has 0 radical (unpaired) electrons. The van der Waals surface area contributed by atoms with E-state index < -0.39 is 10.0 Å². The van der Waals surface area contributed by atoms with Crippen LogP contribution < -0.4 is 0 Å². The van der Waals surface area contributed by atoms with Crippen molar-refractivity contribution >= 4 is 15.8 Å². The van der Waals surface area contributed by atoms with Crippen LogP contribution in [0.1, 0.15) is 24.5 Å². The van der Waals surface area contributed by atoms with Crippen molar-refractivity contribution < 1.29 is 13.2 Å². The van der Waals surface area contributed by atoms with E-state index in [1.165, 1.54) is 10.4 Å². The molecule has 1 saturated heterocycles. The first-order valence-electron chi connectivity index (χ1n) is 6.40. The van der Waals surface area contributed by atoms with Crippen molar-refractivity contribution in [3.05, 3.63) is 29.3 Å². The van der Waals surface area contributed by atoms with Gasteiger partial charge in [0.25, 0.3) is 0 Å². The molecule has 1 atom stereocenters. The van der Waals surface area contributed by atoms with Crippen molar-refractivity contribution in [2.75, 3.05) is 13.1 Å². The number of hydrogen-bond acceptors (Lipinski definition) is 4. The minimum Gasteiger partial charge on any atom is -0.299 e. The van der Waals surface area contributed by atoms with Gasteiger partial charge in [-0.3, -0.25) is 4.79 Å². The Bertz CT molecular complexity index is 689. The third kappa shape index (κ3) is 2.60. The van der Waals surface area contributed by atoms with E-state index in [0.717, 1.165) is 0 Å². The van der Waals surface area contributed by atoms with Gasteiger partial charge in [-0.05, 0) is 24.6 Å². The average Bonchev–Trinajstić information content (AvgIpc) is 2.42. The number of benzene rings is 1. The minimum absolute atomic E-state index is 0.0962. The molecule has 20 heavy (non-hydrogen) atoms. The molecule has 1 unspecified atom stereocenters. The second-order valence-electron chi connectivity index (χ2n) is 5.07. The summed E-state index contributed by atoms with van der Waals surface area (Å²) >= 11 is 0. The molecule has 106 valence electrons. The summed E-state index contributed by atoms with van der Waals surface area (Å²) in [6.45, 7) is 3.86. The van der Waals surface area contributed by atoms with E-state index in [-0.39, 0.29) is 36.1 Å². The Balaban J connectivity index is 2.41. The number of hydrogen-bond donors (Lipinski definition) is 0. The van der Waals surface area contributed by atoms with E-state index in [0.29, 0.717) is 11.1 Å². The van der Waals surface area contributed by atoms with Crippen LogP contribution in [0.5, 0.6) is 0 Å². The Hall–Kier alpha value is -1.71. The molecule has 1 aromatic carbocycles. The highest BCUT2D eigenvalue weighted by Gasteiger charge is 2.33. The lowest BCUT2D eigenvalue weighted by molar-refractivity contribution is -0.124. The molecular formula is C14H16N2O3S. The van der Waals surface area contributed by atoms with Crippen LogP contribution in [0.2, 0.25) is 0 Å². The van der Waals surface area contributed by atoms with Gasteiger partial charge in [-0.25, -0.2) is 8.42 Å². The quantitative estimate of drug-likeness (QED) is 0.827. The van der Waals surface area contributed by atoms with E-state index >= 15 is 0 Å². The van der Waals surface area contributed by atoms with Crippen LogP contribution in [0.3, 0.4) is 0 Å². The van der Waals surface area contributed by atoms with Crippen molar-refractivity contribution in [2.24, 2.45) is 5.92 Å². The second-order valence-corrected chi connectivity index (χ2v) is 6.98. The van der Waals surface area contributed by atoms with Gasteiger partial charge in [0.05, 0.1) is 16.5 Å². The molecule has 1 aliphatic rings. The summed E-state index contributed by atoms with van der Waals surface area (Å²) < 4.78 is 26.6. The molecular weight excluding hydrogens is 276 g/mol. The average molecular weight is 292 g/mol. The maximum Gasteiger partial charge on any atom is 0.243 e. The Labute approximate surface area is 118 Å². The maximum atomic E-state index is 12.6. The summed E-state index contributed by atoms with van der Waals surface area (Å²) in [5.41, 5.74) is 0.920. The molecule has 0 bridgehead atoms. The zero-order valence-corrected chi connectivity index (χ0v) is 12.3. The zero-order valence-electron chi connectivity index (χ0n) is 11.5. The van der Waals surface area contributed by atoms with Crippen LogP contribution in [0, 0.1) is 24.2 Å². The van der Waals surface area contributed by atoms with E-state index in [1.807, 2.05) is 6.07 Å². The van der Waals surface area contributed by atoms with Gasteiger partial charge >= 0.3 is 0 Å². The third-order valence-corrected chi connectivity index (χ3v) is 5.58. The summed E-state index contributed by atoms with van der Waals surface area (Å²) in [5, 5.41) is 8.90. The molecule has 0 aromatic heterocycles. The number of nitrogens with zero attached hydrogens (tertiary/aromatic N) is 2. The molecule has 0 amide bonds. The molecule has 0 aliphatic carbocycles. The van der Waals surface area contributed by atoms with Crippen LogP contribution >= 0.6 is 0 Å². The van der Waals surface area contributed by atoms with Crippen LogP contribution in [0.25, 0.3) is 0 Å². The molecule has 0 saturated carbocycles. The van der Waals surface area contributed by atoms with E-state index in [9.17, 15) is 13.2 Å². The molecule has 2 rings (SSSR count). The third-order valence-electron chi connectivity index (χ3n) is 3.57. The fraction of sp³-hybridized carbons (Fsp3) is 0.429. The Morgan fingerprint density at radius 1 is 1.40 bits per heavy atom. The minimum atomic E-state index is -3.65. The van der Waals surface area contributed by atoms with Gasteiger partial charge in [0.2, 0.25) is 10.0 Å². The van der Waals surface area contributed by atoms with E-state index in [4.69, 9.17) is 5.26 Å². The van der Waals surface area contributed by atoms with Crippen LogP contribution in [0.15, 0.2) is 23.1 Å². The van der Waals surface area contributed by atoms with Crippen molar-refractivity contribution in [1.82, 2.24) is 4.31 Å². The first-order valence-corrected chi connectivity index (χ1v) is 7.84. The number of carbonyl (C=O) groups excluding carboxylic acids is 1. The van der Waals surface area contributed by atoms with Crippen LogP contribution in [-0.2, 0) is 14.8 Å². The number of nitriles is 1. The lowest BCUT2D eigenvalue weighted by Crippen LogP contribution is -2.43. The smallest absolute Gasteiger partial charge is 0.243 e. The molecule has 1 aliphatic heterocycles. The Morgan fingerprint density at radius 2 is 2.10 bits per heavy atom. The normalized spacial score (nSPS) is 20.6. The highest BCUT2D eigenvalue weighted by Crippen LogP contribution is 2.25. The predicted molar refractivity (Wildman–Crippen MR) is 73.4 cm³/mol. The molecule has 0 spiro atoms. The number of carbonyl (C=O) groups is 1. The predicted octanol–water partition coefficient (Wildman–Crippen LogP) is 1.47. The highest BCUT2D eigenvalue weighted by molar-refractivity contribution is 7.89. The lowest BCUT2D eigenvalue weighted by atomic mass is 10.0. The van der Waals surface area contributed by atoms with Gasteiger partial charge in [-0.2, -0.15) is 9.57 Å². The summed E-state index contributed by atoms with van der Waals surface area (Å²) in [6.07, 6.45) is 0.247. The number of ketones is 1. The number of aryl methyl sites for hydroxylation is 1. The Morgan fingerprint density at radius 3 is 2.70 bits per heavy atom. The maximum absolute atomic E-state index is 12.6. The molecule has 1 fully saturated rings. The summed E-state index contributed by atoms with van der Waals surface area (Å²) in [6, 6.07) is 6.57. The number of sulfonamides is 1. The van der Waals surface area contributed by atoms with Gasteiger partial charge in [-0.15, -0.1) is 0 Å². The molecule has 6 heteroatoms. The van der Waals surface area contributed by atoms with E-state index in [2.05, 4.69) is 0 Å². The van der Waals surface area contributed by atoms with Crippen molar-refractivity contribution in [1.29, 1.82) is 5.26 Å². The van der Waals surface area contributed by atoms with Gasteiger partial charge in [0.1, 0.15) is 5.78 Å². The second kappa shape index (κ2) is 5.35. The van der Waals surface area contributed by atoms with Gasteiger partial charge in [-0.1, -0.05) is 13.0 Å². The van der Waals surface area contributed by atoms with Gasteiger partial charge < -0.3 is 0 Å². The van der Waals surface area contributed by atoms with Crippen molar-refractivity contribution in [3.63, 3.8) is 0 Å². The molecule has 5 nitrogen and oxygen atoms in total. The SMILES string of the molecule is Cc1ccc(C#N)cc1S(=O)(=O)N1CCC(=O)C(C)C1. The topological polar surface area (TPSA) is 78.2 Å². The fourth-order valence-electron chi connectivity index (χ4n) is 2.28.